The highest BCUT2D eigenvalue weighted by molar-refractivity contribution is 6.08. The fourth-order valence-corrected chi connectivity index (χ4v) is 3.15. The van der Waals surface area contributed by atoms with Crippen molar-refractivity contribution < 1.29 is 23.9 Å². The van der Waals surface area contributed by atoms with Gasteiger partial charge in [0.1, 0.15) is 17.8 Å². The first-order valence-corrected chi connectivity index (χ1v) is 9.28. The molecule has 2 aromatic rings. The molecule has 7 nitrogen and oxygen atoms in total. The molecule has 0 radical (unpaired) electrons. The molecular formula is C22H22N2O5. The molecule has 0 saturated carbocycles. The van der Waals surface area contributed by atoms with Gasteiger partial charge < -0.3 is 10.1 Å². The summed E-state index contributed by atoms with van der Waals surface area (Å²) in [5, 5.41) is 2.68. The summed E-state index contributed by atoms with van der Waals surface area (Å²) >= 11 is 0. The minimum atomic E-state index is -1.07. The van der Waals surface area contributed by atoms with E-state index in [0.29, 0.717) is 18.4 Å². The summed E-state index contributed by atoms with van der Waals surface area (Å²) in [6.07, 6.45) is 1.03. The number of hydrogen-bond donors (Lipinski definition) is 1. The third kappa shape index (κ3) is 4.68. The van der Waals surface area contributed by atoms with E-state index in [-0.39, 0.29) is 11.5 Å². The van der Waals surface area contributed by atoms with Crippen LogP contribution in [0.2, 0.25) is 0 Å². The number of hydrogen-bond acceptors (Lipinski definition) is 5. The van der Waals surface area contributed by atoms with Crippen molar-refractivity contribution in [2.75, 3.05) is 6.54 Å². The molecule has 0 aliphatic carbocycles. The van der Waals surface area contributed by atoms with Gasteiger partial charge in [-0.25, -0.2) is 9.59 Å². The van der Waals surface area contributed by atoms with E-state index in [1.807, 2.05) is 30.3 Å². The Balaban J connectivity index is 1.60. The van der Waals surface area contributed by atoms with Gasteiger partial charge in [0, 0.05) is 5.56 Å². The van der Waals surface area contributed by atoms with Gasteiger partial charge in [-0.3, -0.25) is 14.5 Å². The molecule has 0 unspecified atom stereocenters. The van der Waals surface area contributed by atoms with Crippen LogP contribution < -0.4 is 10.1 Å². The number of nitrogens with zero attached hydrogens (tertiary/aromatic N) is 1. The summed E-state index contributed by atoms with van der Waals surface area (Å²) in [6.45, 7) is 2.61. The highest BCUT2D eigenvalue weighted by atomic mass is 16.5. The topological polar surface area (TPSA) is 92.8 Å². The van der Waals surface area contributed by atoms with E-state index in [1.165, 1.54) is 19.1 Å². The number of Topliss-reactive ketones (excluding diaryl/α,β-unsaturated/α-hetero) is 1. The van der Waals surface area contributed by atoms with E-state index in [4.69, 9.17) is 4.74 Å². The largest absolute Gasteiger partial charge is 0.425 e. The maximum absolute atomic E-state index is 12.8. The van der Waals surface area contributed by atoms with Crippen molar-refractivity contribution in [3.8, 4) is 5.75 Å². The number of nitrogens with one attached hydrogen (secondary N) is 1. The Hall–Kier alpha value is -3.48. The zero-order chi connectivity index (χ0) is 21.0. The van der Waals surface area contributed by atoms with Crippen molar-refractivity contribution in [1.82, 2.24) is 10.2 Å². The van der Waals surface area contributed by atoms with Crippen molar-refractivity contribution in [2.45, 2.75) is 32.2 Å². The fraction of sp³-hybridized carbons (Fsp3) is 0.273. The molecule has 2 aromatic carbocycles. The van der Waals surface area contributed by atoms with Crippen LogP contribution in [0.1, 0.15) is 36.2 Å². The van der Waals surface area contributed by atoms with Crippen LogP contribution in [0.3, 0.4) is 0 Å². The number of ketones is 1. The predicted molar refractivity (Wildman–Crippen MR) is 105 cm³/mol. The van der Waals surface area contributed by atoms with Crippen LogP contribution in [-0.2, 0) is 16.0 Å². The summed E-state index contributed by atoms with van der Waals surface area (Å²) in [4.78, 5) is 49.4. The first kappa shape index (κ1) is 20.3. The molecule has 1 N–H and O–H groups in total. The second-order valence-corrected chi connectivity index (χ2v) is 7.19. The second-order valence-electron chi connectivity index (χ2n) is 7.19. The molecule has 0 aromatic heterocycles. The van der Waals surface area contributed by atoms with E-state index in [0.717, 1.165) is 10.5 Å². The summed E-state index contributed by atoms with van der Waals surface area (Å²) in [5.74, 6) is -1.06. The van der Waals surface area contributed by atoms with Crippen LogP contribution in [-0.4, -0.2) is 40.7 Å². The van der Waals surface area contributed by atoms with Gasteiger partial charge in [-0.15, -0.1) is 0 Å². The average molecular weight is 394 g/mol. The number of imide groups is 1. The van der Waals surface area contributed by atoms with E-state index < -0.39 is 30.0 Å². The average Bonchev–Trinajstić information content (AvgIpc) is 2.91. The Kier molecular flexibility index (Phi) is 5.77. The molecule has 3 amide bonds. The molecule has 1 fully saturated rings. The zero-order valence-corrected chi connectivity index (χ0v) is 16.3. The lowest BCUT2D eigenvalue weighted by Gasteiger charge is -2.21. The molecule has 150 valence electrons. The lowest BCUT2D eigenvalue weighted by Crippen LogP contribution is -2.44. The van der Waals surface area contributed by atoms with Crippen molar-refractivity contribution in [3.63, 3.8) is 0 Å². The number of benzene rings is 2. The van der Waals surface area contributed by atoms with E-state index >= 15 is 0 Å². The normalized spacial score (nSPS) is 18.5. The molecular weight excluding hydrogens is 372 g/mol. The number of rotatable bonds is 7. The summed E-state index contributed by atoms with van der Waals surface area (Å²) < 4.78 is 5.18. The summed E-state index contributed by atoms with van der Waals surface area (Å²) in [6, 6.07) is 15.1. The molecule has 0 bridgehead atoms. The summed E-state index contributed by atoms with van der Waals surface area (Å²) in [5.41, 5.74) is 0.479. The molecule has 3 rings (SSSR count). The Morgan fingerprint density at radius 1 is 1.03 bits per heavy atom. The Morgan fingerprint density at radius 3 is 2.31 bits per heavy atom. The molecule has 1 atom stereocenters. The SMILES string of the molecule is CC(=O)c1ccc(OC(=O)CN2C(=O)N[C@@](C)(CCc3ccccc3)C2=O)cc1. The molecule has 7 heteroatoms. The van der Waals surface area contributed by atoms with Crippen LogP contribution in [0.5, 0.6) is 5.75 Å². The molecule has 0 spiro atoms. The lowest BCUT2D eigenvalue weighted by molar-refractivity contribution is -0.140. The van der Waals surface area contributed by atoms with Gasteiger partial charge in [0.15, 0.2) is 5.78 Å². The number of ether oxygens (including phenoxy) is 1. The van der Waals surface area contributed by atoms with Gasteiger partial charge in [0.2, 0.25) is 0 Å². The van der Waals surface area contributed by atoms with E-state index in [2.05, 4.69) is 5.32 Å². The Morgan fingerprint density at radius 2 is 1.69 bits per heavy atom. The maximum Gasteiger partial charge on any atom is 0.331 e. The minimum absolute atomic E-state index is 0.100. The van der Waals surface area contributed by atoms with Crippen molar-refractivity contribution >= 4 is 23.7 Å². The monoisotopic (exact) mass is 394 g/mol. The molecule has 1 heterocycles. The van der Waals surface area contributed by atoms with Crippen LogP contribution in [0.15, 0.2) is 54.6 Å². The third-order valence-electron chi connectivity index (χ3n) is 4.88. The smallest absolute Gasteiger partial charge is 0.331 e. The van der Waals surface area contributed by atoms with E-state index in [9.17, 15) is 19.2 Å². The number of esters is 1. The van der Waals surface area contributed by atoms with Crippen molar-refractivity contribution in [2.24, 2.45) is 0 Å². The lowest BCUT2D eigenvalue weighted by atomic mass is 9.93. The number of carbonyl (C=O) groups is 4. The maximum atomic E-state index is 12.8. The van der Waals surface area contributed by atoms with Crippen LogP contribution in [0.25, 0.3) is 0 Å². The number of aryl methyl sites for hydroxylation is 1. The van der Waals surface area contributed by atoms with Gasteiger partial charge in [-0.2, -0.15) is 0 Å². The van der Waals surface area contributed by atoms with E-state index in [1.54, 1.807) is 19.1 Å². The fourth-order valence-electron chi connectivity index (χ4n) is 3.15. The second kappa shape index (κ2) is 8.26. The quantitative estimate of drug-likeness (QED) is 0.337. The standard InChI is InChI=1S/C22H22N2O5/c1-15(25)17-8-10-18(11-9-17)29-19(26)14-24-20(27)22(2,23-21(24)28)13-12-16-6-4-3-5-7-16/h3-11H,12-14H2,1-2H3,(H,23,28)/t22-/m0/s1. The zero-order valence-electron chi connectivity index (χ0n) is 16.3. The van der Waals surface area contributed by atoms with Crippen molar-refractivity contribution in [1.29, 1.82) is 0 Å². The Bertz CT molecular complexity index is 939. The number of amides is 3. The van der Waals surface area contributed by atoms with Gasteiger partial charge >= 0.3 is 12.0 Å². The van der Waals surface area contributed by atoms with Crippen LogP contribution in [0, 0.1) is 0 Å². The van der Waals surface area contributed by atoms with Gasteiger partial charge in [0.05, 0.1) is 0 Å². The van der Waals surface area contributed by atoms with Gasteiger partial charge in [-0.05, 0) is 56.5 Å². The molecule has 29 heavy (non-hydrogen) atoms. The Labute approximate surface area is 168 Å². The van der Waals surface area contributed by atoms with Crippen LogP contribution >= 0.6 is 0 Å². The predicted octanol–water partition coefficient (Wildman–Crippen LogP) is 2.74. The first-order valence-electron chi connectivity index (χ1n) is 9.28. The number of carbonyl (C=O) groups excluding carboxylic acids is 4. The molecule has 1 saturated heterocycles. The van der Waals surface area contributed by atoms with Crippen LogP contribution in [0.4, 0.5) is 4.79 Å². The minimum Gasteiger partial charge on any atom is -0.425 e. The number of urea groups is 1. The van der Waals surface area contributed by atoms with Crippen molar-refractivity contribution in [3.05, 3.63) is 65.7 Å². The third-order valence-corrected chi connectivity index (χ3v) is 4.88. The van der Waals surface area contributed by atoms with Gasteiger partial charge in [-0.1, -0.05) is 30.3 Å². The highest BCUT2D eigenvalue weighted by Crippen LogP contribution is 2.23. The van der Waals surface area contributed by atoms with Gasteiger partial charge in [0.25, 0.3) is 5.91 Å². The summed E-state index contributed by atoms with van der Waals surface area (Å²) in [7, 11) is 0. The highest BCUT2D eigenvalue weighted by Gasteiger charge is 2.48. The molecule has 1 aliphatic rings. The molecule has 1 aliphatic heterocycles. The first-order chi connectivity index (χ1) is 13.8.